The summed E-state index contributed by atoms with van der Waals surface area (Å²) < 4.78 is 22.2. The third kappa shape index (κ3) is 11.3. The first-order chi connectivity index (χ1) is 13.0. The van der Waals surface area contributed by atoms with Gasteiger partial charge in [0.2, 0.25) is 0 Å². The van der Waals surface area contributed by atoms with Crippen LogP contribution in [0.3, 0.4) is 0 Å². The van der Waals surface area contributed by atoms with E-state index in [0.29, 0.717) is 26.1 Å². The summed E-state index contributed by atoms with van der Waals surface area (Å²) in [5.74, 6) is -1.11. The van der Waals surface area contributed by atoms with Gasteiger partial charge in [-0.05, 0) is 36.3 Å². The Hall–Kier alpha value is -0.706. The summed E-state index contributed by atoms with van der Waals surface area (Å²) in [6, 6.07) is 0. The van der Waals surface area contributed by atoms with Gasteiger partial charge in [0.05, 0.1) is 13.2 Å². The summed E-state index contributed by atoms with van der Waals surface area (Å²) >= 11 is 0. The molecule has 0 aromatic rings. The Morgan fingerprint density at radius 2 is 0.931 bits per heavy atom. The van der Waals surface area contributed by atoms with Crippen molar-refractivity contribution in [3.05, 3.63) is 0 Å². The fourth-order valence-corrected chi connectivity index (χ4v) is 3.97. The second kappa shape index (κ2) is 11.6. The largest absolute Gasteiger partial charge is 0.465 e. The average Bonchev–Trinajstić information content (AvgIpc) is 2.51. The zero-order chi connectivity index (χ0) is 22.9. The van der Waals surface area contributed by atoms with Gasteiger partial charge in [-0.3, -0.25) is 9.59 Å². The molecule has 0 N–H and O–H groups in total. The molecule has 0 atom stereocenters. The minimum Gasteiger partial charge on any atom is -0.465 e. The molecule has 0 aliphatic heterocycles. The molecule has 0 saturated heterocycles. The number of hydrogen-bond acceptors (Lipinski definition) is 6. The van der Waals surface area contributed by atoms with Crippen molar-refractivity contribution in [3.8, 4) is 0 Å². The van der Waals surface area contributed by atoms with E-state index in [4.69, 9.17) is 18.3 Å². The molecule has 0 heterocycles. The van der Waals surface area contributed by atoms with Crippen LogP contribution < -0.4 is 0 Å². The minimum atomic E-state index is -1.78. The van der Waals surface area contributed by atoms with Crippen molar-refractivity contribution in [2.75, 3.05) is 26.4 Å². The van der Waals surface area contributed by atoms with Gasteiger partial charge in [-0.1, -0.05) is 41.5 Å². The van der Waals surface area contributed by atoms with E-state index in [1.165, 1.54) is 0 Å². The van der Waals surface area contributed by atoms with Crippen LogP contribution >= 0.6 is 0 Å². The second-order valence-electron chi connectivity index (χ2n) is 10.5. The lowest BCUT2D eigenvalue weighted by atomic mass is 10.2. The van der Waals surface area contributed by atoms with Crippen molar-refractivity contribution in [1.82, 2.24) is 0 Å². The molecule has 172 valence electrons. The van der Waals surface area contributed by atoms with E-state index in [1.807, 2.05) is 0 Å². The second-order valence-corrected chi connectivity index (χ2v) is 20.2. The van der Waals surface area contributed by atoms with Gasteiger partial charge < -0.3 is 18.3 Å². The van der Waals surface area contributed by atoms with Gasteiger partial charge in [0.25, 0.3) is 0 Å². The van der Waals surface area contributed by atoms with E-state index in [9.17, 15) is 9.59 Å². The maximum Gasteiger partial charge on any atom is 0.317 e. The first-order valence-corrected chi connectivity index (χ1v) is 16.4. The topological polar surface area (TPSA) is 71.1 Å². The molecule has 0 aromatic carbocycles. The summed E-state index contributed by atoms with van der Waals surface area (Å²) in [5, 5.41) is 0.312. The molecule has 0 unspecified atom stereocenters. The van der Waals surface area contributed by atoms with Crippen LogP contribution in [0.5, 0.6) is 0 Å². The highest BCUT2D eigenvalue weighted by Gasteiger charge is 2.37. The molecule has 0 rings (SSSR count). The standard InChI is InChI=1S/C21H44O6Si2/c1-20(2,3)28(7,8)26-15-11-13-24-18(22)17-19(23)25-14-12-16-27-29(9,10)21(4,5)6/h11-17H2,1-10H3. The molecular formula is C21H44O6Si2. The van der Waals surface area contributed by atoms with E-state index in [2.05, 4.69) is 67.7 Å². The van der Waals surface area contributed by atoms with E-state index in [-0.39, 0.29) is 29.7 Å². The third-order valence-electron chi connectivity index (χ3n) is 5.93. The molecule has 6 nitrogen and oxygen atoms in total. The molecule has 8 heteroatoms. The highest BCUT2D eigenvalue weighted by Crippen LogP contribution is 2.37. The quantitative estimate of drug-likeness (QED) is 0.175. The van der Waals surface area contributed by atoms with Crippen LogP contribution in [-0.4, -0.2) is 55.0 Å². The summed E-state index contributed by atoms with van der Waals surface area (Å²) in [7, 11) is -3.55. The molecule has 0 aromatic heterocycles. The monoisotopic (exact) mass is 448 g/mol. The van der Waals surface area contributed by atoms with Gasteiger partial charge in [-0.2, -0.15) is 0 Å². The Morgan fingerprint density at radius 1 is 0.621 bits per heavy atom. The zero-order valence-corrected chi connectivity index (χ0v) is 22.4. The van der Waals surface area contributed by atoms with Crippen molar-refractivity contribution in [2.24, 2.45) is 0 Å². The Kier molecular flexibility index (Phi) is 11.3. The summed E-state index contributed by atoms with van der Waals surface area (Å²) in [6.45, 7) is 23.5. The molecule has 0 aliphatic rings. The van der Waals surface area contributed by atoms with Crippen LogP contribution in [0.4, 0.5) is 0 Å². The molecular weight excluding hydrogens is 404 g/mol. The number of rotatable bonds is 12. The number of ether oxygens (including phenoxy) is 2. The van der Waals surface area contributed by atoms with E-state index < -0.39 is 28.6 Å². The molecule has 0 fully saturated rings. The van der Waals surface area contributed by atoms with Gasteiger partial charge >= 0.3 is 11.9 Å². The minimum absolute atomic E-state index is 0.156. The summed E-state index contributed by atoms with van der Waals surface area (Å²) in [6.07, 6.45) is 0.891. The maximum atomic E-state index is 11.7. The van der Waals surface area contributed by atoms with Gasteiger partial charge in [0.1, 0.15) is 6.42 Å². The molecule has 29 heavy (non-hydrogen) atoms. The van der Waals surface area contributed by atoms with Crippen LogP contribution in [-0.2, 0) is 27.9 Å². The van der Waals surface area contributed by atoms with Crippen molar-refractivity contribution in [3.63, 3.8) is 0 Å². The zero-order valence-electron chi connectivity index (χ0n) is 20.4. The Balaban J connectivity index is 3.87. The third-order valence-corrected chi connectivity index (χ3v) is 15.0. The molecule has 0 aliphatic carbocycles. The maximum absolute atomic E-state index is 11.7. The van der Waals surface area contributed by atoms with Crippen molar-refractivity contribution in [1.29, 1.82) is 0 Å². The molecule has 0 radical (unpaired) electrons. The lowest BCUT2D eigenvalue weighted by molar-refractivity contribution is -0.154. The number of esters is 2. The van der Waals surface area contributed by atoms with Crippen LogP contribution in [0.15, 0.2) is 0 Å². The SMILES string of the molecule is CC(C)(C)[Si](C)(C)OCCCOC(=O)CC(=O)OCCCO[Si](C)(C)C(C)(C)C. The summed E-state index contributed by atoms with van der Waals surface area (Å²) in [4.78, 5) is 23.5. The van der Waals surface area contributed by atoms with Crippen molar-refractivity contribution >= 4 is 28.6 Å². The lowest BCUT2D eigenvalue weighted by Crippen LogP contribution is -2.41. The predicted octanol–water partition coefficient (Wildman–Crippen LogP) is 5.29. The van der Waals surface area contributed by atoms with Crippen molar-refractivity contribution in [2.45, 2.75) is 97.1 Å². The Morgan fingerprint density at radius 3 is 1.21 bits per heavy atom. The van der Waals surface area contributed by atoms with Crippen LogP contribution in [0, 0.1) is 0 Å². The average molecular weight is 449 g/mol. The van der Waals surface area contributed by atoms with Crippen LogP contribution in [0.25, 0.3) is 0 Å². The van der Waals surface area contributed by atoms with Crippen LogP contribution in [0.1, 0.15) is 60.8 Å². The van der Waals surface area contributed by atoms with Crippen LogP contribution in [0.2, 0.25) is 36.3 Å². The van der Waals surface area contributed by atoms with Gasteiger partial charge in [-0.25, -0.2) is 0 Å². The number of carbonyl (C=O) groups is 2. The molecule has 0 spiro atoms. The molecule has 0 amide bonds. The Labute approximate surface area is 180 Å². The fraction of sp³-hybridized carbons (Fsp3) is 0.905. The number of carbonyl (C=O) groups excluding carboxylic acids is 2. The molecule has 0 saturated carbocycles. The normalized spacial score (nSPS) is 13.3. The highest BCUT2D eigenvalue weighted by molar-refractivity contribution is 6.74. The predicted molar refractivity (Wildman–Crippen MR) is 122 cm³/mol. The van der Waals surface area contributed by atoms with Gasteiger partial charge in [-0.15, -0.1) is 0 Å². The van der Waals surface area contributed by atoms with Crippen molar-refractivity contribution < 1.29 is 27.9 Å². The van der Waals surface area contributed by atoms with E-state index in [1.54, 1.807) is 0 Å². The number of hydrogen-bond donors (Lipinski definition) is 0. The van der Waals surface area contributed by atoms with E-state index in [0.717, 1.165) is 0 Å². The lowest BCUT2D eigenvalue weighted by Gasteiger charge is -2.36. The Bertz CT molecular complexity index is 472. The van der Waals surface area contributed by atoms with Gasteiger partial charge in [0.15, 0.2) is 16.6 Å². The first kappa shape index (κ1) is 28.3. The van der Waals surface area contributed by atoms with Gasteiger partial charge in [0, 0.05) is 26.1 Å². The fourth-order valence-electron chi connectivity index (χ4n) is 1.80. The highest BCUT2D eigenvalue weighted by atomic mass is 28.4. The smallest absolute Gasteiger partial charge is 0.317 e. The summed E-state index contributed by atoms with van der Waals surface area (Å²) in [5.41, 5.74) is 0. The first-order valence-electron chi connectivity index (χ1n) is 10.6. The van der Waals surface area contributed by atoms with E-state index >= 15 is 0 Å². The molecule has 0 bridgehead atoms.